The second-order valence-corrected chi connectivity index (χ2v) is 6.32. The molecule has 0 radical (unpaired) electrons. The van der Waals surface area contributed by atoms with Crippen LogP contribution in [-0.2, 0) is 13.5 Å². The van der Waals surface area contributed by atoms with Crippen molar-refractivity contribution in [3.63, 3.8) is 0 Å². The Bertz CT molecular complexity index is 581. The molecule has 0 aliphatic heterocycles. The van der Waals surface area contributed by atoms with Crippen LogP contribution in [0.1, 0.15) is 44.2 Å². The van der Waals surface area contributed by atoms with Crippen LogP contribution in [0.15, 0.2) is 24.3 Å². The van der Waals surface area contributed by atoms with Gasteiger partial charge < -0.3 is 0 Å². The second kappa shape index (κ2) is 6.58. The molecule has 1 fully saturated rings. The van der Waals surface area contributed by atoms with Gasteiger partial charge in [-0.2, -0.15) is 5.10 Å². The van der Waals surface area contributed by atoms with Crippen molar-refractivity contribution in [2.75, 3.05) is 0 Å². The molecule has 1 aliphatic rings. The normalized spacial score (nSPS) is 18.8. The highest BCUT2D eigenvalue weighted by atomic mass is 15.3. The number of para-hydroxylation sites is 1. The minimum atomic E-state index is 0.335. The van der Waals surface area contributed by atoms with Crippen LogP contribution in [-0.4, -0.2) is 15.8 Å². The van der Waals surface area contributed by atoms with Gasteiger partial charge in [0.1, 0.15) is 0 Å². The predicted octanol–water partition coefficient (Wildman–Crippen LogP) is 2.92. The van der Waals surface area contributed by atoms with Gasteiger partial charge in [0.15, 0.2) is 0 Å². The molecular weight excluding hydrogens is 260 g/mol. The van der Waals surface area contributed by atoms with E-state index in [1.165, 1.54) is 55.1 Å². The summed E-state index contributed by atoms with van der Waals surface area (Å²) in [6, 6.07) is 8.78. The summed E-state index contributed by atoms with van der Waals surface area (Å²) in [6.45, 7) is 0. The van der Waals surface area contributed by atoms with Crippen molar-refractivity contribution in [1.29, 1.82) is 0 Å². The Balaban J connectivity index is 1.81. The van der Waals surface area contributed by atoms with Crippen LogP contribution in [0.3, 0.4) is 0 Å². The predicted molar refractivity (Wildman–Crippen MR) is 86.7 cm³/mol. The van der Waals surface area contributed by atoms with Crippen molar-refractivity contribution >= 4 is 10.9 Å². The van der Waals surface area contributed by atoms with Crippen LogP contribution in [0.5, 0.6) is 0 Å². The van der Waals surface area contributed by atoms with E-state index in [1.54, 1.807) is 0 Å². The van der Waals surface area contributed by atoms with Gasteiger partial charge >= 0.3 is 0 Å². The molecule has 1 unspecified atom stereocenters. The molecule has 0 amide bonds. The molecule has 4 nitrogen and oxygen atoms in total. The topological polar surface area (TPSA) is 55.9 Å². The van der Waals surface area contributed by atoms with Gasteiger partial charge in [0.25, 0.3) is 0 Å². The Morgan fingerprint density at radius 3 is 2.67 bits per heavy atom. The lowest BCUT2D eigenvalue weighted by molar-refractivity contribution is 0.319. The van der Waals surface area contributed by atoms with E-state index in [4.69, 9.17) is 10.9 Å². The highest BCUT2D eigenvalue weighted by Gasteiger charge is 2.23. The SMILES string of the molecule is Cn1nc(CC(NN)C2CCCCCC2)c2ccccc21. The molecule has 0 bridgehead atoms. The van der Waals surface area contributed by atoms with Gasteiger partial charge in [0.2, 0.25) is 0 Å². The number of benzene rings is 1. The standard InChI is InChI=1S/C17H26N4/c1-21-17-11-7-6-10-14(17)16(20-21)12-15(19-18)13-8-4-2-3-5-9-13/h6-7,10-11,13,15,19H,2-5,8-9,12,18H2,1H3. The molecule has 2 aromatic rings. The van der Waals surface area contributed by atoms with Crippen molar-refractivity contribution in [3.8, 4) is 0 Å². The zero-order chi connectivity index (χ0) is 14.7. The van der Waals surface area contributed by atoms with Gasteiger partial charge in [-0.05, 0) is 24.8 Å². The van der Waals surface area contributed by atoms with Crippen molar-refractivity contribution in [2.45, 2.75) is 51.0 Å². The van der Waals surface area contributed by atoms with Crippen LogP contribution in [0.25, 0.3) is 10.9 Å². The number of aryl methyl sites for hydroxylation is 1. The van der Waals surface area contributed by atoms with E-state index >= 15 is 0 Å². The van der Waals surface area contributed by atoms with E-state index in [0.717, 1.165) is 6.42 Å². The first kappa shape index (κ1) is 14.5. The van der Waals surface area contributed by atoms with E-state index in [2.05, 4.69) is 29.7 Å². The number of hydrazine groups is 1. The van der Waals surface area contributed by atoms with Gasteiger partial charge in [0, 0.05) is 24.9 Å². The summed E-state index contributed by atoms with van der Waals surface area (Å²) in [5.74, 6) is 6.55. The molecule has 1 atom stereocenters. The highest BCUT2D eigenvalue weighted by Crippen LogP contribution is 2.28. The third kappa shape index (κ3) is 3.11. The lowest BCUT2D eigenvalue weighted by atomic mass is 9.89. The molecule has 3 rings (SSSR count). The molecule has 1 saturated carbocycles. The van der Waals surface area contributed by atoms with E-state index in [-0.39, 0.29) is 0 Å². The fourth-order valence-corrected chi connectivity index (χ4v) is 3.72. The molecule has 3 N–H and O–H groups in total. The largest absolute Gasteiger partial charge is 0.271 e. The molecule has 4 heteroatoms. The minimum absolute atomic E-state index is 0.335. The Kier molecular flexibility index (Phi) is 4.56. The van der Waals surface area contributed by atoms with Crippen LogP contribution >= 0.6 is 0 Å². The molecule has 1 aliphatic carbocycles. The molecule has 114 valence electrons. The van der Waals surface area contributed by atoms with E-state index < -0.39 is 0 Å². The summed E-state index contributed by atoms with van der Waals surface area (Å²) in [5, 5.41) is 5.98. The van der Waals surface area contributed by atoms with Gasteiger partial charge in [0.05, 0.1) is 11.2 Å². The Labute approximate surface area is 126 Å². The third-order valence-corrected chi connectivity index (χ3v) is 4.93. The average molecular weight is 286 g/mol. The summed E-state index contributed by atoms with van der Waals surface area (Å²) in [7, 11) is 2.02. The van der Waals surface area contributed by atoms with Gasteiger partial charge in [-0.25, -0.2) is 0 Å². The maximum atomic E-state index is 5.87. The molecule has 21 heavy (non-hydrogen) atoms. The summed E-state index contributed by atoms with van der Waals surface area (Å²) < 4.78 is 1.98. The van der Waals surface area contributed by atoms with Crippen molar-refractivity contribution in [2.24, 2.45) is 18.8 Å². The maximum Gasteiger partial charge on any atom is 0.0719 e. The zero-order valence-corrected chi connectivity index (χ0v) is 12.9. The maximum absolute atomic E-state index is 5.87. The fourth-order valence-electron chi connectivity index (χ4n) is 3.72. The Hall–Kier alpha value is -1.39. The summed E-state index contributed by atoms with van der Waals surface area (Å²) >= 11 is 0. The number of aromatic nitrogens is 2. The fraction of sp³-hybridized carbons (Fsp3) is 0.588. The Morgan fingerprint density at radius 2 is 1.95 bits per heavy atom. The van der Waals surface area contributed by atoms with Crippen LogP contribution in [0.4, 0.5) is 0 Å². The number of fused-ring (bicyclic) bond motifs is 1. The second-order valence-electron chi connectivity index (χ2n) is 6.32. The third-order valence-electron chi connectivity index (χ3n) is 4.93. The molecule has 1 aromatic carbocycles. The van der Waals surface area contributed by atoms with Gasteiger partial charge in [-0.15, -0.1) is 0 Å². The number of nitrogens with one attached hydrogen (secondary N) is 1. The summed E-state index contributed by atoms with van der Waals surface area (Å²) in [6.07, 6.45) is 8.93. The Morgan fingerprint density at radius 1 is 1.24 bits per heavy atom. The molecule has 0 saturated heterocycles. The van der Waals surface area contributed by atoms with Crippen molar-refractivity contribution < 1.29 is 0 Å². The van der Waals surface area contributed by atoms with E-state index in [0.29, 0.717) is 12.0 Å². The number of rotatable bonds is 4. The van der Waals surface area contributed by atoms with E-state index in [9.17, 15) is 0 Å². The monoisotopic (exact) mass is 286 g/mol. The van der Waals surface area contributed by atoms with Crippen molar-refractivity contribution in [1.82, 2.24) is 15.2 Å². The average Bonchev–Trinajstić information content (AvgIpc) is 2.71. The molecular formula is C17H26N4. The minimum Gasteiger partial charge on any atom is -0.271 e. The lowest BCUT2D eigenvalue weighted by Crippen LogP contribution is -2.42. The van der Waals surface area contributed by atoms with Crippen molar-refractivity contribution in [3.05, 3.63) is 30.0 Å². The first-order chi connectivity index (χ1) is 10.3. The zero-order valence-electron chi connectivity index (χ0n) is 12.9. The smallest absolute Gasteiger partial charge is 0.0719 e. The van der Waals surface area contributed by atoms with Crippen LogP contribution in [0, 0.1) is 5.92 Å². The lowest BCUT2D eigenvalue weighted by Gasteiger charge is -2.25. The summed E-state index contributed by atoms with van der Waals surface area (Å²) in [4.78, 5) is 0. The van der Waals surface area contributed by atoms with Crippen LogP contribution in [0.2, 0.25) is 0 Å². The number of hydrogen-bond acceptors (Lipinski definition) is 3. The quantitative estimate of drug-likeness (QED) is 0.516. The van der Waals surface area contributed by atoms with Crippen LogP contribution < -0.4 is 11.3 Å². The number of nitrogens with zero attached hydrogens (tertiary/aromatic N) is 2. The summed E-state index contributed by atoms with van der Waals surface area (Å²) in [5.41, 5.74) is 5.44. The van der Waals surface area contributed by atoms with Gasteiger partial charge in [-0.1, -0.05) is 43.9 Å². The number of hydrogen-bond donors (Lipinski definition) is 2. The molecule has 1 aromatic heterocycles. The molecule has 1 heterocycles. The van der Waals surface area contributed by atoms with Gasteiger partial charge in [-0.3, -0.25) is 16.0 Å². The molecule has 0 spiro atoms. The highest BCUT2D eigenvalue weighted by molar-refractivity contribution is 5.81. The number of nitrogens with two attached hydrogens (primary N) is 1. The first-order valence-corrected chi connectivity index (χ1v) is 8.16. The van der Waals surface area contributed by atoms with E-state index in [1.807, 2.05) is 11.7 Å². The first-order valence-electron chi connectivity index (χ1n) is 8.16.